The van der Waals surface area contributed by atoms with Crippen LogP contribution in [0.15, 0.2) is 24.3 Å². The minimum Gasteiger partial charge on any atom is -0.358 e. The average molecular weight is 349 g/mol. The fourth-order valence-electron chi connectivity index (χ4n) is 2.84. The van der Waals surface area contributed by atoms with Crippen molar-refractivity contribution < 1.29 is 14.9 Å². The van der Waals surface area contributed by atoms with Crippen LogP contribution in [0.1, 0.15) is 57.2 Å². The van der Waals surface area contributed by atoms with Crippen LogP contribution in [0.2, 0.25) is 0 Å². The van der Waals surface area contributed by atoms with Crippen molar-refractivity contribution in [2.45, 2.75) is 46.1 Å². The van der Waals surface area contributed by atoms with Crippen molar-refractivity contribution in [1.29, 1.82) is 0 Å². The van der Waals surface area contributed by atoms with Crippen LogP contribution < -0.4 is 10.6 Å². The molecule has 1 rings (SSSR count). The Labute approximate surface area is 152 Å². The number of nitrogens with zero attached hydrogens (tertiary/aromatic N) is 1. The predicted molar refractivity (Wildman–Crippen MR) is 101 cm³/mol. The molecule has 3 N–H and O–H groups in total. The van der Waals surface area contributed by atoms with Crippen LogP contribution in [0.4, 0.5) is 0 Å². The summed E-state index contributed by atoms with van der Waals surface area (Å²) in [6.45, 7) is 9.21. The Morgan fingerprint density at radius 1 is 1.12 bits per heavy atom. The molecule has 0 spiro atoms. The zero-order chi connectivity index (χ0) is 19.0. The van der Waals surface area contributed by atoms with E-state index in [-0.39, 0.29) is 24.4 Å². The summed E-state index contributed by atoms with van der Waals surface area (Å²) >= 11 is 0. The number of likely N-dealkylation sites (N-methyl/N-ethyl adjacent to an activating group) is 2. The van der Waals surface area contributed by atoms with Gasteiger partial charge in [-0.05, 0) is 17.9 Å². The highest BCUT2D eigenvalue weighted by Gasteiger charge is 2.22. The molecule has 0 unspecified atom stereocenters. The predicted octanol–water partition coefficient (Wildman–Crippen LogP) is 1.67. The molecule has 0 aliphatic heterocycles. The quantitative estimate of drug-likeness (QED) is 0.713. The number of carbonyl (C=O) groups is 2. The van der Waals surface area contributed by atoms with E-state index in [9.17, 15) is 9.59 Å². The van der Waals surface area contributed by atoms with Gasteiger partial charge >= 0.3 is 0 Å². The third-order valence-corrected chi connectivity index (χ3v) is 4.85. The van der Waals surface area contributed by atoms with Crippen LogP contribution >= 0.6 is 0 Å². The van der Waals surface area contributed by atoms with Gasteiger partial charge in [0.1, 0.15) is 6.04 Å². The van der Waals surface area contributed by atoms with E-state index in [0.29, 0.717) is 18.4 Å². The highest BCUT2D eigenvalue weighted by atomic mass is 16.2. The molecule has 0 saturated heterocycles. The number of hydrogen-bond donors (Lipinski definition) is 2. The van der Waals surface area contributed by atoms with Gasteiger partial charge in [-0.25, -0.2) is 0 Å². The molecule has 5 heteroatoms. The number of benzene rings is 1. The van der Waals surface area contributed by atoms with Gasteiger partial charge in [0.05, 0.1) is 6.54 Å². The molecule has 2 atom stereocenters. The Morgan fingerprint density at radius 3 is 2.16 bits per heavy atom. The van der Waals surface area contributed by atoms with E-state index < -0.39 is 0 Å². The van der Waals surface area contributed by atoms with Gasteiger partial charge in [-0.15, -0.1) is 0 Å². The summed E-state index contributed by atoms with van der Waals surface area (Å²) in [7, 11) is 3.24. The Morgan fingerprint density at radius 2 is 1.68 bits per heavy atom. The van der Waals surface area contributed by atoms with Gasteiger partial charge < -0.3 is 15.5 Å². The molecule has 2 amide bonds. The molecule has 0 bridgehead atoms. The highest BCUT2D eigenvalue weighted by Crippen LogP contribution is 2.23. The third kappa shape index (κ3) is 6.50. The number of carbonyl (C=O) groups excluding carboxylic acids is 2. The molecule has 0 fully saturated rings. The topological polar surface area (TPSA) is 66.0 Å². The molecular weight excluding hydrogens is 314 g/mol. The number of amides is 2. The lowest BCUT2D eigenvalue weighted by Gasteiger charge is -2.22. The number of hydrogen-bond acceptors (Lipinski definition) is 2. The van der Waals surface area contributed by atoms with Gasteiger partial charge in [-0.2, -0.15) is 0 Å². The van der Waals surface area contributed by atoms with Crippen molar-refractivity contribution in [2.75, 3.05) is 27.2 Å². The summed E-state index contributed by atoms with van der Waals surface area (Å²) in [4.78, 5) is 25.1. The van der Waals surface area contributed by atoms with E-state index in [1.807, 2.05) is 0 Å². The Hall–Kier alpha value is -1.88. The maximum absolute atomic E-state index is 12.2. The first-order chi connectivity index (χ1) is 11.8. The molecule has 0 aliphatic rings. The second-order valence-electron chi connectivity index (χ2n) is 7.11. The van der Waals surface area contributed by atoms with E-state index in [0.717, 1.165) is 6.42 Å². The van der Waals surface area contributed by atoms with Crippen molar-refractivity contribution in [2.24, 2.45) is 5.92 Å². The number of rotatable bonds is 9. The van der Waals surface area contributed by atoms with Crippen LogP contribution in [0.3, 0.4) is 0 Å². The minimum absolute atomic E-state index is 0.0366. The number of nitrogens with two attached hydrogens (primary N) is 1. The van der Waals surface area contributed by atoms with Gasteiger partial charge in [-0.1, -0.05) is 52.0 Å². The first-order valence-corrected chi connectivity index (χ1v) is 9.17. The smallest absolute Gasteiger partial charge is 0.277 e. The molecule has 0 aliphatic carbocycles. The molecule has 0 radical (unpaired) electrons. The van der Waals surface area contributed by atoms with Crippen LogP contribution in [-0.2, 0) is 9.59 Å². The Bertz CT molecular complexity index is 555. The molecular formula is C20H34N3O2+. The SMILES string of the molecule is CC[C@@H](C)c1ccc([C@@H]([NH2+]CC(=O)N(C)CC(=O)NC)C(C)C)cc1. The monoisotopic (exact) mass is 348 g/mol. The molecule has 5 nitrogen and oxygen atoms in total. The van der Waals surface area contributed by atoms with Crippen LogP contribution in [0.25, 0.3) is 0 Å². The zero-order valence-corrected chi connectivity index (χ0v) is 16.5. The molecule has 0 aromatic heterocycles. The Balaban J connectivity index is 2.71. The summed E-state index contributed by atoms with van der Waals surface area (Å²) in [5.74, 6) is 0.782. The van der Waals surface area contributed by atoms with Gasteiger partial charge in [0, 0.05) is 25.6 Å². The first-order valence-electron chi connectivity index (χ1n) is 9.17. The number of quaternary nitrogens is 1. The van der Waals surface area contributed by atoms with Crippen LogP contribution in [0, 0.1) is 5.92 Å². The molecule has 25 heavy (non-hydrogen) atoms. The van der Waals surface area contributed by atoms with Gasteiger partial charge in [0.15, 0.2) is 6.54 Å². The van der Waals surface area contributed by atoms with Crippen molar-refractivity contribution in [1.82, 2.24) is 10.2 Å². The fraction of sp³-hybridized carbons (Fsp3) is 0.600. The molecule has 0 saturated carbocycles. The van der Waals surface area contributed by atoms with Crippen molar-refractivity contribution in [3.8, 4) is 0 Å². The lowest BCUT2D eigenvalue weighted by atomic mass is 9.92. The highest BCUT2D eigenvalue weighted by molar-refractivity contribution is 5.84. The molecule has 140 valence electrons. The third-order valence-electron chi connectivity index (χ3n) is 4.85. The van der Waals surface area contributed by atoms with Crippen molar-refractivity contribution in [3.63, 3.8) is 0 Å². The normalized spacial score (nSPS) is 13.4. The summed E-state index contributed by atoms with van der Waals surface area (Å²) in [5, 5.41) is 4.61. The van der Waals surface area contributed by atoms with Crippen LogP contribution in [-0.4, -0.2) is 43.9 Å². The second-order valence-corrected chi connectivity index (χ2v) is 7.11. The van der Waals surface area contributed by atoms with E-state index >= 15 is 0 Å². The van der Waals surface area contributed by atoms with Crippen molar-refractivity contribution in [3.05, 3.63) is 35.4 Å². The first kappa shape index (κ1) is 21.2. The Kier molecular flexibility index (Phi) is 8.62. The summed E-state index contributed by atoms with van der Waals surface area (Å²) < 4.78 is 0. The van der Waals surface area contributed by atoms with E-state index in [4.69, 9.17) is 0 Å². The maximum atomic E-state index is 12.2. The zero-order valence-electron chi connectivity index (χ0n) is 16.5. The van der Waals surface area contributed by atoms with Gasteiger partial charge in [-0.3, -0.25) is 9.59 Å². The van der Waals surface area contributed by atoms with E-state index in [2.05, 4.69) is 62.6 Å². The molecule has 1 aromatic carbocycles. The lowest BCUT2D eigenvalue weighted by Crippen LogP contribution is -2.88. The number of nitrogens with one attached hydrogen (secondary N) is 1. The maximum Gasteiger partial charge on any atom is 0.277 e. The van der Waals surface area contributed by atoms with Crippen LogP contribution in [0.5, 0.6) is 0 Å². The minimum atomic E-state index is -0.156. The molecule has 0 heterocycles. The lowest BCUT2D eigenvalue weighted by molar-refractivity contribution is -0.692. The largest absolute Gasteiger partial charge is 0.358 e. The summed E-state index contributed by atoms with van der Waals surface area (Å²) in [5.41, 5.74) is 2.60. The van der Waals surface area contributed by atoms with Gasteiger partial charge in [0.25, 0.3) is 5.91 Å². The molecule has 1 aromatic rings. The van der Waals surface area contributed by atoms with E-state index in [1.54, 1.807) is 14.1 Å². The summed E-state index contributed by atoms with van der Waals surface area (Å²) in [6, 6.07) is 8.99. The fourth-order valence-corrected chi connectivity index (χ4v) is 2.84. The van der Waals surface area contributed by atoms with Crippen molar-refractivity contribution >= 4 is 11.8 Å². The summed E-state index contributed by atoms with van der Waals surface area (Å²) in [6.07, 6.45) is 1.13. The average Bonchev–Trinajstić information content (AvgIpc) is 2.60. The van der Waals surface area contributed by atoms with Gasteiger partial charge in [0.2, 0.25) is 5.91 Å². The second kappa shape index (κ2) is 10.2. The van der Waals surface area contributed by atoms with E-state index in [1.165, 1.54) is 16.0 Å². The standard InChI is InChI=1S/C20H33N3O2/c1-7-15(4)16-8-10-17(11-9-16)20(14(2)3)22-12-19(25)23(6)13-18(24)21-5/h8-11,14-15,20,22H,7,12-13H2,1-6H3,(H,21,24)/p+1/t15-,20+/m1/s1.